The van der Waals surface area contributed by atoms with Gasteiger partial charge >= 0.3 is 0 Å². The lowest BCUT2D eigenvalue weighted by Crippen LogP contribution is -2.30. The molecule has 0 bridgehead atoms. The largest absolute Gasteiger partial charge is 0.490 e. The molecular weight excluding hydrogens is 474 g/mol. The third-order valence-corrected chi connectivity index (χ3v) is 3.94. The molecule has 2 N–H and O–H groups in total. The number of guanidine groups is 1. The monoisotopic (exact) mass is 496 g/mol. The van der Waals surface area contributed by atoms with E-state index in [0.29, 0.717) is 42.6 Å². The highest BCUT2D eigenvalue weighted by Crippen LogP contribution is 2.32. The Hall–Kier alpha value is -2.54. The van der Waals surface area contributed by atoms with Gasteiger partial charge in [-0.15, -0.1) is 24.0 Å². The van der Waals surface area contributed by atoms with E-state index in [1.54, 1.807) is 0 Å². The molecule has 0 radical (unpaired) electrons. The SMILES string of the molecule is CCNC(=NCc1cc(C#N)ccc1F)Nc1ccc2c(c1)OCCCO2.I. The Morgan fingerprint density at radius 2 is 1.96 bits per heavy atom. The summed E-state index contributed by atoms with van der Waals surface area (Å²) in [7, 11) is 0. The summed E-state index contributed by atoms with van der Waals surface area (Å²) >= 11 is 0. The molecule has 0 saturated heterocycles. The van der Waals surface area contributed by atoms with Gasteiger partial charge in [0.2, 0.25) is 0 Å². The smallest absolute Gasteiger partial charge is 0.196 e. The van der Waals surface area contributed by atoms with Gasteiger partial charge in [-0.05, 0) is 37.3 Å². The number of halogens is 2. The second kappa shape index (κ2) is 10.7. The first-order valence-corrected chi connectivity index (χ1v) is 8.83. The predicted molar refractivity (Wildman–Crippen MR) is 117 cm³/mol. The fraction of sp³-hybridized carbons (Fsp3) is 0.300. The topological polar surface area (TPSA) is 78.7 Å². The van der Waals surface area contributed by atoms with E-state index in [1.807, 2.05) is 31.2 Å². The standard InChI is InChI=1S/C20H21FN4O2.HI/c1-2-23-20(24-13-15-10-14(12-22)4-6-17(15)21)25-16-5-7-18-19(11-16)27-9-3-8-26-18;/h4-7,10-11H,2-3,8-9,13H2,1H3,(H2,23,24,25);1H. The Balaban J connectivity index is 0.00000280. The zero-order chi connectivity index (χ0) is 19.1. The number of ether oxygens (including phenoxy) is 2. The fourth-order valence-electron chi connectivity index (χ4n) is 2.61. The molecule has 0 unspecified atom stereocenters. The number of aliphatic imine (C=N–C) groups is 1. The van der Waals surface area contributed by atoms with Gasteiger partial charge in [-0.1, -0.05) is 0 Å². The van der Waals surface area contributed by atoms with Crippen LogP contribution in [0, 0.1) is 17.1 Å². The van der Waals surface area contributed by atoms with Gasteiger partial charge in [0.05, 0.1) is 31.4 Å². The first-order valence-electron chi connectivity index (χ1n) is 8.83. The lowest BCUT2D eigenvalue weighted by Gasteiger charge is -2.14. The molecule has 2 aromatic carbocycles. The summed E-state index contributed by atoms with van der Waals surface area (Å²) in [6.07, 6.45) is 0.842. The van der Waals surface area contributed by atoms with Crippen molar-refractivity contribution in [3.63, 3.8) is 0 Å². The van der Waals surface area contributed by atoms with Crippen LogP contribution in [0.25, 0.3) is 0 Å². The summed E-state index contributed by atoms with van der Waals surface area (Å²) in [4.78, 5) is 4.42. The molecule has 0 spiro atoms. The average molecular weight is 496 g/mol. The molecule has 1 heterocycles. The van der Waals surface area contributed by atoms with Crippen LogP contribution < -0.4 is 20.1 Å². The summed E-state index contributed by atoms with van der Waals surface area (Å²) in [6, 6.07) is 11.8. The zero-order valence-electron chi connectivity index (χ0n) is 15.5. The third kappa shape index (κ3) is 5.73. The van der Waals surface area contributed by atoms with Crippen molar-refractivity contribution in [3.8, 4) is 17.6 Å². The zero-order valence-corrected chi connectivity index (χ0v) is 17.8. The first kappa shape index (κ1) is 21.8. The van der Waals surface area contributed by atoms with Crippen molar-refractivity contribution in [3.05, 3.63) is 53.3 Å². The maximum atomic E-state index is 13.9. The van der Waals surface area contributed by atoms with Crippen LogP contribution in [0.15, 0.2) is 41.4 Å². The number of nitriles is 1. The summed E-state index contributed by atoms with van der Waals surface area (Å²) in [5, 5.41) is 15.3. The number of rotatable bonds is 4. The van der Waals surface area contributed by atoms with Crippen molar-refractivity contribution in [1.82, 2.24) is 5.32 Å². The maximum Gasteiger partial charge on any atom is 0.196 e. The third-order valence-electron chi connectivity index (χ3n) is 3.94. The van der Waals surface area contributed by atoms with Crippen molar-refractivity contribution in [2.75, 3.05) is 25.1 Å². The highest BCUT2D eigenvalue weighted by molar-refractivity contribution is 14.0. The van der Waals surface area contributed by atoms with Crippen molar-refractivity contribution >= 4 is 35.6 Å². The molecule has 0 atom stereocenters. The van der Waals surface area contributed by atoms with E-state index in [2.05, 4.69) is 15.6 Å². The van der Waals surface area contributed by atoms with Crippen LogP contribution in [0.4, 0.5) is 10.1 Å². The molecule has 0 amide bonds. The second-order valence-electron chi connectivity index (χ2n) is 5.95. The van der Waals surface area contributed by atoms with Crippen molar-refractivity contribution < 1.29 is 13.9 Å². The molecule has 148 valence electrons. The predicted octanol–water partition coefficient (Wildman–Crippen LogP) is 4.05. The van der Waals surface area contributed by atoms with Crippen molar-refractivity contribution in [1.29, 1.82) is 5.26 Å². The number of anilines is 1. The molecule has 8 heteroatoms. The lowest BCUT2D eigenvalue weighted by molar-refractivity contribution is 0.297. The summed E-state index contributed by atoms with van der Waals surface area (Å²) in [6.45, 7) is 3.96. The summed E-state index contributed by atoms with van der Waals surface area (Å²) < 4.78 is 25.3. The number of benzene rings is 2. The van der Waals surface area contributed by atoms with Crippen molar-refractivity contribution in [2.45, 2.75) is 19.9 Å². The molecule has 3 rings (SSSR count). The summed E-state index contributed by atoms with van der Waals surface area (Å²) in [5.74, 6) is 1.52. The van der Waals surface area contributed by atoms with E-state index in [4.69, 9.17) is 14.7 Å². The van der Waals surface area contributed by atoms with Gasteiger partial charge in [0.25, 0.3) is 0 Å². The molecule has 2 aromatic rings. The van der Waals surface area contributed by atoms with E-state index >= 15 is 0 Å². The van der Waals surface area contributed by atoms with E-state index in [-0.39, 0.29) is 36.3 Å². The van der Waals surface area contributed by atoms with Crippen LogP contribution >= 0.6 is 24.0 Å². The van der Waals surface area contributed by atoms with Crippen LogP contribution in [0.3, 0.4) is 0 Å². The molecule has 0 saturated carbocycles. The lowest BCUT2D eigenvalue weighted by atomic mass is 10.1. The fourth-order valence-corrected chi connectivity index (χ4v) is 2.61. The van der Waals surface area contributed by atoms with Gasteiger partial charge in [0.1, 0.15) is 5.82 Å². The molecule has 1 aliphatic rings. The number of hydrogen-bond acceptors (Lipinski definition) is 4. The number of nitrogens with zero attached hydrogens (tertiary/aromatic N) is 2. The molecule has 0 aromatic heterocycles. The van der Waals surface area contributed by atoms with Gasteiger partial charge < -0.3 is 20.1 Å². The van der Waals surface area contributed by atoms with Gasteiger partial charge in [0.15, 0.2) is 17.5 Å². The van der Waals surface area contributed by atoms with Gasteiger partial charge in [-0.3, -0.25) is 0 Å². The molecule has 6 nitrogen and oxygen atoms in total. The first-order chi connectivity index (χ1) is 13.2. The number of fused-ring (bicyclic) bond motifs is 1. The van der Waals surface area contributed by atoms with Crippen LogP contribution in [0.5, 0.6) is 11.5 Å². The van der Waals surface area contributed by atoms with E-state index in [1.165, 1.54) is 18.2 Å². The quantitative estimate of drug-likeness (QED) is 0.380. The van der Waals surface area contributed by atoms with Crippen molar-refractivity contribution in [2.24, 2.45) is 4.99 Å². The van der Waals surface area contributed by atoms with Crippen LogP contribution in [0.2, 0.25) is 0 Å². The highest BCUT2D eigenvalue weighted by atomic mass is 127. The maximum absolute atomic E-state index is 13.9. The minimum atomic E-state index is -0.385. The summed E-state index contributed by atoms with van der Waals surface area (Å²) in [5.41, 5.74) is 1.55. The van der Waals surface area contributed by atoms with Gasteiger partial charge in [0, 0.05) is 30.3 Å². The second-order valence-corrected chi connectivity index (χ2v) is 5.95. The van der Waals surface area contributed by atoms with Gasteiger partial charge in [-0.25, -0.2) is 9.38 Å². The van der Waals surface area contributed by atoms with Crippen LogP contribution in [-0.2, 0) is 6.54 Å². The minimum absolute atomic E-state index is 0. The van der Waals surface area contributed by atoms with E-state index < -0.39 is 0 Å². The Bertz CT molecular complexity index is 883. The highest BCUT2D eigenvalue weighted by Gasteiger charge is 2.11. The number of nitrogens with one attached hydrogen (secondary N) is 2. The molecular formula is C20H22FIN4O2. The Morgan fingerprint density at radius 1 is 1.18 bits per heavy atom. The molecule has 0 fully saturated rings. The van der Waals surface area contributed by atoms with Gasteiger partial charge in [-0.2, -0.15) is 5.26 Å². The number of hydrogen-bond donors (Lipinski definition) is 2. The van der Waals surface area contributed by atoms with E-state index in [9.17, 15) is 4.39 Å². The average Bonchev–Trinajstić information content (AvgIpc) is 2.92. The Labute approximate surface area is 180 Å². The van der Waals surface area contributed by atoms with Crippen LogP contribution in [0.1, 0.15) is 24.5 Å². The van der Waals surface area contributed by atoms with Crippen LogP contribution in [-0.4, -0.2) is 25.7 Å². The Kier molecular flexibility index (Phi) is 8.32. The van der Waals surface area contributed by atoms with E-state index in [0.717, 1.165) is 17.9 Å². The molecule has 1 aliphatic heterocycles. The normalized spacial score (nSPS) is 13.0. The minimum Gasteiger partial charge on any atom is -0.490 e. The Morgan fingerprint density at radius 3 is 2.71 bits per heavy atom. The molecule has 0 aliphatic carbocycles. The molecule has 28 heavy (non-hydrogen) atoms.